The highest BCUT2D eigenvalue weighted by Crippen LogP contribution is 2.24. The third-order valence-electron chi connectivity index (χ3n) is 4.34. The molecular formula is C23H19N3OS. The Labute approximate surface area is 167 Å². The van der Waals surface area contributed by atoms with Gasteiger partial charge in [-0.2, -0.15) is 0 Å². The molecule has 2 aromatic heterocycles. The Morgan fingerprint density at radius 1 is 0.929 bits per heavy atom. The molecule has 0 aliphatic rings. The lowest BCUT2D eigenvalue weighted by Gasteiger charge is -2.18. The Hall–Kier alpha value is -3.31. The third kappa shape index (κ3) is 4.32. The predicted octanol–water partition coefficient (Wildman–Crippen LogP) is 4.65. The molecule has 0 spiro atoms. The van der Waals surface area contributed by atoms with E-state index in [-0.39, 0.29) is 18.4 Å². The summed E-state index contributed by atoms with van der Waals surface area (Å²) >= 11 is 1.55. The first-order chi connectivity index (χ1) is 13.8. The molecule has 1 N–H and O–H groups in total. The van der Waals surface area contributed by atoms with Crippen LogP contribution in [0.1, 0.15) is 23.0 Å². The fourth-order valence-corrected chi connectivity index (χ4v) is 3.82. The summed E-state index contributed by atoms with van der Waals surface area (Å²) in [6, 6.07) is 25.3. The van der Waals surface area contributed by atoms with Crippen LogP contribution in [0.15, 0.2) is 90.4 Å². The summed E-state index contributed by atoms with van der Waals surface area (Å²) in [4.78, 5) is 21.8. The second-order valence-corrected chi connectivity index (χ2v) is 7.21. The number of amides is 1. The summed E-state index contributed by atoms with van der Waals surface area (Å²) in [6.45, 7) is 0. The topological polar surface area (TPSA) is 54.9 Å². The summed E-state index contributed by atoms with van der Waals surface area (Å²) in [7, 11) is 0. The molecule has 4 rings (SSSR count). The van der Waals surface area contributed by atoms with Crippen molar-refractivity contribution < 1.29 is 4.79 Å². The van der Waals surface area contributed by atoms with Gasteiger partial charge < -0.3 is 5.32 Å². The maximum atomic E-state index is 12.7. The van der Waals surface area contributed by atoms with Gasteiger partial charge in [0.05, 0.1) is 23.9 Å². The summed E-state index contributed by atoms with van der Waals surface area (Å²) in [5.74, 6) is -0.0792. The van der Waals surface area contributed by atoms with E-state index in [1.807, 2.05) is 84.2 Å². The molecule has 0 bridgehead atoms. The van der Waals surface area contributed by atoms with Crippen LogP contribution >= 0.6 is 11.3 Å². The van der Waals surface area contributed by atoms with Crippen molar-refractivity contribution >= 4 is 17.2 Å². The maximum Gasteiger partial charge on any atom is 0.226 e. The lowest BCUT2D eigenvalue weighted by molar-refractivity contribution is -0.121. The zero-order valence-electron chi connectivity index (χ0n) is 15.2. The SMILES string of the molecule is O=C(Cc1csc(-c2ccccc2)n1)NC(c1ccccc1)c1ccccn1. The van der Waals surface area contributed by atoms with Gasteiger partial charge in [0, 0.05) is 17.1 Å². The number of benzene rings is 2. The van der Waals surface area contributed by atoms with Crippen molar-refractivity contribution in [3.05, 3.63) is 107 Å². The number of thiazole rings is 1. The Morgan fingerprint density at radius 2 is 1.64 bits per heavy atom. The Balaban J connectivity index is 1.50. The van der Waals surface area contributed by atoms with Crippen molar-refractivity contribution in [1.82, 2.24) is 15.3 Å². The van der Waals surface area contributed by atoms with Gasteiger partial charge in [0.25, 0.3) is 0 Å². The van der Waals surface area contributed by atoms with Crippen LogP contribution in [0.25, 0.3) is 10.6 Å². The van der Waals surface area contributed by atoms with E-state index in [2.05, 4.69) is 15.3 Å². The monoisotopic (exact) mass is 385 g/mol. The van der Waals surface area contributed by atoms with Crippen LogP contribution in [0.2, 0.25) is 0 Å². The molecule has 4 aromatic rings. The Bertz CT molecular complexity index is 994. The van der Waals surface area contributed by atoms with Gasteiger partial charge in [-0.05, 0) is 17.7 Å². The Kier molecular flexibility index (Phi) is 5.54. The van der Waals surface area contributed by atoms with E-state index in [9.17, 15) is 4.79 Å². The molecule has 0 aliphatic heterocycles. The zero-order valence-corrected chi connectivity index (χ0v) is 16.0. The van der Waals surface area contributed by atoms with E-state index in [1.54, 1.807) is 17.5 Å². The predicted molar refractivity (Wildman–Crippen MR) is 112 cm³/mol. The first kappa shape index (κ1) is 18.1. The van der Waals surface area contributed by atoms with Crippen LogP contribution in [0.3, 0.4) is 0 Å². The third-order valence-corrected chi connectivity index (χ3v) is 5.28. The number of hydrogen-bond donors (Lipinski definition) is 1. The number of nitrogens with one attached hydrogen (secondary N) is 1. The zero-order chi connectivity index (χ0) is 19.2. The largest absolute Gasteiger partial charge is 0.343 e. The summed E-state index contributed by atoms with van der Waals surface area (Å²) in [5.41, 5.74) is 3.65. The minimum Gasteiger partial charge on any atom is -0.343 e. The summed E-state index contributed by atoms with van der Waals surface area (Å²) in [5, 5.41) is 5.98. The lowest BCUT2D eigenvalue weighted by atomic mass is 10.0. The molecule has 0 radical (unpaired) electrons. The second kappa shape index (κ2) is 8.59. The molecule has 2 aromatic carbocycles. The van der Waals surface area contributed by atoms with Gasteiger partial charge >= 0.3 is 0 Å². The molecule has 4 nitrogen and oxygen atoms in total. The fraction of sp³-hybridized carbons (Fsp3) is 0.0870. The quantitative estimate of drug-likeness (QED) is 0.525. The lowest BCUT2D eigenvalue weighted by Crippen LogP contribution is -2.31. The molecule has 1 amide bonds. The second-order valence-electron chi connectivity index (χ2n) is 6.35. The number of nitrogens with zero attached hydrogens (tertiary/aromatic N) is 2. The molecule has 2 heterocycles. The van der Waals surface area contributed by atoms with Gasteiger partial charge in [-0.15, -0.1) is 11.3 Å². The van der Waals surface area contributed by atoms with Crippen LogP contribution in [0, 0.1) is 0 Å². The van der Waals surface area contributed by atoms with E-state index in [1.165, 1.54) is 0 Å². The smallest absolute Gasteiger partial charge is 0.226 e. The van der Waals surface area contributed by atoms with E-state index in [0.717, 1.165) is 27.5 Å². The molecule has 0 saturated carbocycles. The van der Waals surface area contributed by atoms with Crippen LogP contribution in [-0.2, 0) is 11.2 Å². The van der Waals surface area contributed by atoms with Crippen LogP contribution < -0.4 is 5.32 Å². The van der Waals surface area contributed by atoms with Crippen molar-refractivity contribution in [3.63, 3.8) is 0 Å². The highest BCUT2D eigenvalue weighted by Gasteiger charge is 2.18. The van der Waals surface area contributed by atoms with E-state index in [0.29, 0.717) is 0 Å². The Morgan fingerprint density at radius 3 is 2.36 bits per heavy atom. The van der Waals surface area contributed by atoms with E-state index < -0.39 is 0 Å². The summed E-state index contributed by atoms with van der Waals surface area (Å²) in [6.07, 6.45) is 1.98. The van der Waals surface area contributed by atoms with Gasteiger partial charge in [0.2, 0.25) is 5.91 Å². The standard InChI is InChI=1S/C23H19N3OS/c27-21(15-19-16-28-23(25-19)18-11-5-2-6-12-18)26-22(17-9-3-1-4-10-17)20-13-7-8-14-24-20/h1-14,16,22H,15H2,(H,26,27). The number of rotatable bonds is 6. The van der Waals surface area contributed by atoms with E-state index in [4.69, 9.17) is 0 Å². The highest BCUT2D eigenvalue weighted by molar-refractivity contribution is 7.13. The van der Waals surface area contributed by atoms with Crippen LogP contribution in [0.4, 0.5) is 0 Å². The molecule has 0 fully saturated rings. The van der Waals surface area contributed by atoms with Crippen molar-refractivity contribution in [1.29, 1.82) is 0 Å². The van der Waals surface area contributed by atoms with Gasteiger partial charge in [0.1, 0.15) is 5.01 Å². The molecular weight excluding hydrogens is 366 g/mol. The van der Waals surface area contributed by atoms with Gasteiger partial charge in [-0.3, -0.25) is 9.78 Å². The molecule has 28 heavy (non-hydrogen) atoms. The number of pyridine rings is 1. The number of carbonyl (C=O) groups excluding carboxylic acids is 1. The first-order valence-corrected chi connectivity index (χ1v) is 9.92. The molecule has 138 valence electrons. The molecule has 0 saturated heterocycles. The molecule has 1 unspecified atom stereocenters. The average molecular weight is 385 g/mol. The minimum absolute atomic E-state index is 0.0792. The normalized spacial score (nSPS) is 11.7. The van der Waals surface area contributed by atoms with Gasteiger partial charge in [0.15, 0.2) is 0 Å². The van der Waals surface area contributed by atoms with Gasteiger partial charge in [-0.1, -0.05) is 66.7 Å². The first-order valence-electron chi connectivity index (χ1n) is 9.04. The van der Waals surface area contributed by atoms with Crippen molar-refractivity contribution in [2.75, 3.05) is 0 Å². The maximum absolute atomic E-state index is 12.7. The highest BCUT2D eigenvalue weighted by atomic mass is 32.1. The minimum atomic E-state index is -0.290. The van der Waals surface area contributed by atoms with Crippen LogP contribution in [-0.4, -0.2) is 15.9 Å². The van der Waals surface area contributed by atoms with Crippen molar-refractivity contribution in [3.8, 4) is 10.6 Å². The number of hydrogen-bond acceptors (Lipinski definition) is 4. The average Bonchev–Trinajstić information content (AvgIpc) is 3.22. The number of carbonyl (C=O) groups is 1. The van der Waals surface area contributed by atoms with Gasteiger partial charge in [-0.25, -0.2) is 4.98 Å². The molecule has 0 aliphatic carbocycles. The van der Waals surface area contributed by atoms with Crippen LogP contribution in [0.5, 0.6) is 0 Å². The number of aromatic nitrogens is 2. The summed E-state index contributed by atoms with van der Waals surface area (Å²) < 4.78 is 0. The molecule has 1 atom stereocenters. The fourth-order valence-electron chi connectivity index (χ4n) is 3.00. The van der Waals surface area contributed by atoms with Crippen molar-refractivity contribution in [2.24, 2.45) is 0 Å². The van der Waals surface area contributed by atoms with Crippen molar-refractivity contribution in [2.45, 2.75) is 12.5 Å². The molecule has 5 heteroatoms. The van der Waals surface area contributed by atoms with E-state index >= 15 is 0 Å².